The highest BCUT2D eigenvalue weighted by molar-refractivity contribution is 6.33. The van der Waals surface area contributed by atoms with Crippen LogP contribution in [0.15, 0.2) is 18.2 Å². The van der Waals surface area contributed by atoms with E-state index in [-0.39, 0.29) is 6.10 Å². The Morgan fingerprint density at radius 2 is 2.31 bits per heavy atom. The summed E-state index contributed by atoms with van der Waals surface area (Å²) in [7, 11) is 0. The van der Waals surface area contributed by atoms with Crippen LogP contribution in [0.1, 0.15) is 13.3 Å². The van der Waals surface area contributed by atoms with Crippen molar-refractivity contribution in [2.24, 2.45) is 5.92 Å². The zero-order valence-corrected chi connectivity index (χ0v) is 10.1. The monoisotopic (exact) mass is 240 g/mol. The number of hydrogen-bond donors (Lipinski definition) is 2. The van der Waals surface area contributed by atoms with E-state index >= 15 is 0 Å². The molecule has 3 N–H and O–H groups in total. The lowest BCUT2D eigenvalue weighted by molar-refractivity contribution is 0.112. The summed E-state index contributed by atoms with van der Waals surface area (Å²) in [5, 5.41) is 3.90. The zero-order chi connectivity index (χ0) is 11.5. The van der Waals surface area contributed by atoms with Gasteiger partial charge in [-0.3, -0.25) is 0 Å². The SMILES string of the molecule is CC1CNCCC1Oc1ccc(N)c(Cl)c1. The third-order valence-corrected chi connectivity index (χ3v) is 3.29. The van der Waals surface area contributed by atoms with Crippen LogP contribution in [0, 0.1) is 5.92 Å². The zero-order valence-electron chi connectivity index (χ0n) is 9.37. The van der Waals surface area contributed by atoms with Crippen LogP contribution in [0.2, 0.25) is 5.02 Å². The molecule has 0 aromatic heterocycles. The van der Waals surface area contributed by atoms with Crippen LogP contribution in [0.5, 0.6) is 5.75 Å². The van der Waals surface area contributed by atoms with Gasteiger partial charge >= 0.3 is 0 Å². The molecule has 4 heteroatoms. The fraction of sp³-hybridized carbons (Fsp3) is 0.500. The van der Waals surface area contributed by atoms with Crippen molar-refractivity contribution in [2.45, 2.75) is 19.4 Å². The van der Waals surface area contributed by atoms with Crippen LogP contribution in [0.3, 0.4) is 0 Å². The lowest BCUT2D eigenvalue weighted by Crippen LogP contribution is -2.41. The van der Waals surface area contributed by atoms with E-state index in [0.717, 1.165) is 25.3 Å². The van der Waals surface area contributed by atoms with Gasteiger partial charge in [-0.2, -0.15) is 0 Å². The Morgan fingerprint density at radius 3 is 3.00 bits per heavy atom. The lowest BCUT2D eigenvalue weighted by Gasteiger charge is -2.30. The highest BCUT2D eigenvalue weighted by Crippen LogP contribution is 2.26. The van der Waals surface area contributed by atoms with Crippen molar-refractivity contribution in [3.05, 3.63) is 23.2 Å². The largest absolute Gasteiger partial charge is 0.490 e. The van der Waals surface area contributed by atoms with E-state index in [0.29, 0.717) is 16.6 Å². The highest BCUT2D eigenvalue weighted by Gasteiger charge is 2.22. The van der Waals surface area contributed by atoms with Gasteiger partial charge < -0.3 is 15.8 Å². The Bertz CT molecular complexity index is 370. The van der Waals surface area contributed by atoms with Crippen molar-refractivity contribution in [1.82, 2.24) is 5.32 Å². The third kappa shape index (κ3) is 2.60. The third-order valence-electron chi connectivity index (χ3n) is 2.97. The summed E-state index contributed by atoms with van der Waals surface area (Å²) in [6.45, 7) is 4.21. The van der Waals surface area contributed by atoms with Crippen molar-refractivity contribution in [1.29, 1.82) is 0 Å². The van der Waals surface area contributed by atoms with Crippen LogP contribution in [0.25, 0.3) is 0 Å². The first-order valence-electron chi connectivity index (χ1n) is 5.59. The minimum Gasteiger partial charge on any atom is -0.490 e. The summed E-state index contributed by atoms with van der Waals surface area (Å²) in [6.07, 6.45) is 1.30. The summed E-state index contributed by atoms with van der Waals surface area (Å²) < 4.78 is 5.92. The average Bonchev–Trinajstić information content (AvgIpc) is 2.27. The Kier molecular flexibility index (Phi) is 3.56. The molecule has 3 nitrogen and oxygen atoms in total. The van der Waals surface area contributed by atoms with Crippen molar-refractivity contribution in [2.75, 3.05) is 18.8 Å². The van der Waals surface area contributed by atoms with Gasteiger partial charge in [0.05, 0.1) is 10.7 Å². The van der Waals surface area contributed by atoms with Crippen molar-refractivity contribution >= 4 is 17.3 Å². The Labute approximate surface area is 101 Å². The molecule has 0 saturated carbocycles. The lowest BCUT2D eigenvalue weighted by atomic mass is 9.98. The molecule has 0 spiro atoms. The molecular formula is C12H17ClN2O. The first kappa shape index (κ1) is 11.6. The molecule has 1 heterocycles. The van der Waals surface area contributed by atoms with E-state index in [9.17, 15) is 0 Å². The summed E-state index contributed by atoms with van der Waals surface area (Å²) in [4.78, 5) is 0. The maximum Gasteiger partial charge on any atom is 0.121 e. The molecular weight excluding hydrogens is 224 g/mol. The van der Waals surface area contributed by atoms with Gasteiger partial charge in [-0.05, 0) is 25.1 Å². The predicted molar refractivity (Wildman–Crippen MR) is 66.9 cm³/mol. The topological polar surface area (TPSA) is 47.3 Å². The fourth-order valence-electron chi connectivity index (χ4n) is 1.92. The van der Waals surface area contributed by atoms with Gasteiger partial charge in [0.25, 0.3) is 0 Å². The Hall–Kier alpha value is -0.930. The number of benzene rings is 1. The number of hydrogen-bond acceptors (Lipinski definition) is 3. The smallest absolute Gasteiger partial charge is 0.121 e. The van der Waals surface area contributed by atoms with E-state index in [4.69, 9.17) is 22.1 Å². The van der Waals surface area contributed by atoms with E-state index < -0.39 is 0 Å². The summed E-state index contributed by atoms with van der Waals surface area (Å²) in [5.74, 6) is 1.32. The number of rotatable bonds is 2. The van der Waals surface area contributed by atoms with E-state index in [1.54, 1.807) is 12.1 Å². The molecule has 0 amide bonds. The fourth-order valence-corrected chi connectivity index (χ4v) is 2.09. The maximum absolute atomic E-state index is 5.95. The molecule has 0 radical (unpaired) electrons. The highest BCUT2D eigenvalue weighted by atomic mass is 35.5. The molecule has 1 aliphatic heterocycles. The minimum absolute atomic E-state index is 0.265. The molecule has 0 aliphatic carbocycles. The molecule has 2 unspecified atom stereocenters. The molecule has 16 heavy (non-hydrogen) atoms. The summed E-state index contributed by atoms with van der Waals surface area (Å²) in [5.41, 5.74) is 6.24. The van der Waals surface area contributed by atoms with E-state index in [1.807, 2.05) is 6.07 Å². The molecule has 1 aromatic rings. The molecule has 1 saturated heterocycles. The van der Waals surface area contributed by atoms with Gasteiger partial charge in [-0.1, -0.05) is 18.5 Å². The predicted octanol–water partition coefficient (Wildman–Crippen LogP) is 2.30. The number of nitrogen functional groups attached to an aromatic ring is 1. The second-order valence-corrected chi connectivity index (χ2v) is 4.72. The average molecular weight is 241 g/mol. The number of piperidine rings is 1. The molecule has 2 atom stereocenters. The van der Waals surface area contributed by atoms with Gasteiger partial charge in [0.1, 0.15) is 11.9 Å². The van der Waals surface area contributed by atoms with E-state index in [2.05, 4.69) is 12.2 Å². The van der Waals surface area contributed by atoms with Gasteiger partial charge in [0, 0.05) is 18.5 Å². The van der Waals surface area contributed by atoms with Crippen LogP contribution in [-0.2, 0) is 0 Å². The van der Waals surface area contributed by atoms with Crippen molar-refractivity contribution < 1.29 is 4.74 Å². The summed E-state index contributed by atoms with van der Waals surface area (Å²) in [6, 6.07) is 5.44. The minimum atomic E-state index is 0.265. The van der Waals surface area contributed by atoms with Gasteiger partial charge in [0.15, 0.2) is 0 Å². The molecule has 2 rings (SSSR count). The second-order valence-electron chi connectivity index (χ2n) is 4.31. The molecule has 1 fully saturated rings. The number of anilines is 1. The van der Waals surface area contributed by atoms with Crippen LogP contribution in [-0.4, -0.2) is 19.2 Å². The van der Waals surface area contributed by atoms with Gasteiger partial charge in [0.2, 0.25) is 0 Å². The number of nitrogens with two attached hydrogens (primary N) is 1. The summed E-state index contributed by atoms with van der Waals surface area (Å²) >= 11 is 5.95. The van der Waals surface area contributed by atoms with Gasteiger partial charge in [-0.15, -0.1) is 0 Å². The molecule has 1 aromatic carbocycles. The number of ether oxygens (including phenoxy) is 1. The van der Waals surface area contributed by atoms with Crippen molar-refractivity contribution in [3.8, 4) is 5.75 Å². The first-order chi connectivity index (χ1) is 7.66. The number of halogens is 1. The van der Waals surface area contributed by atoms with Crippen LogP contribution in [0.4, 0.5) is 5.69 Å². The molecule has 88 valence electrons. The first-order valence-corrected chi connectivity index (χ1v) is 5.97. The maximum atomic E-state index is 5.95. The quantitative estimate of drug-likeness (QED) is 0.780. The second kappa shape index (κ2) is 4.93. The molecule has 1 aliphatic rings. The number of nitrogens with one attached hydrogen (secondary N) is 1. The van der Waals surface area contributed by atoms with Crippen molar-refractivity contribution in [3.63, 3.8) is 0 Å². The standard InChI is InChI=1S/C12H17ClN2O/c1-8-7-15-5-4-12(8)16-9-2-3-11(14)10(13)6-9/h2-3,6,8,12,15H,4-5,7,14H2,1H3. The van der Waals surface area contributed by atoms with Crippen LogP contribution >= 0.6 is 11.6 Å². The normalized spacial score (nSPS) is 25.4. The van der Waals surface area contributed by atoms with E-state index in [1.165, 1.54) is 0 Å². The van der Waals surface area contributed by atoms with Gasteiger partial charge in [-0.25, -0.2) is 0 Å². The molecule has 0 bridgehead atoms. The Morgan fingerprint density at radius 1 is 1.50 bits per heavy atom. The van der Waals surface area contributed by atoms with Crippen LogP contribution < -0.4 is 15.8 Å². The Balaban J connectivity index is 2.05.